The van der Waals surface area contributed by atoms with Gasteiger partial charge in [-0.05, 0) is 19.3 Å². The minimum Gasteiger partial charge on any atom is -0.480 e. The van der Waals surface area contributed by atoms with Crippen molar-refractivity contribution < 1.29 is 14.7 Å². The summed E-state index contributed by atoms with van der Waals surface area (Å²) in [4.78, 5) is 22.4. The van der Waals surface area contributed by atoms with E-state index in [0.717, 1.165) is 0 Å². The number of hydrogen-bond donors (Lipinski definition) is 2. The molecule has 2 N–H and O–H groups in total. The maximum atomic E-state index is 11.4. The van der Waals surface area contributed by atoms with Gasteiger partial charge in [-0.1, -0.05) is 6.08 Å². The van der Waals surface area contributed by atoms with Crippen LogP contribution in [0.1, 0.15) is 19.3 Å². The van der Waals surface area contributed by atoms with Crippen LogP contribution in [0.15, 0.2) is 12.7 Å². The van der Waals surface area contributed by atoms with E-state index in [-0.39, 0.29) is 12.3 Å². The highest BCUT2D eigenvalue weighted by atomic mass is 16.4. The highest BCUT2D eigenvalue weighted by Crippen LogP contribution is 2.31. The van der Waals surface area contributed by atoms with Crippen LogP contribution in [0.4, 0.5) is 0 Å². The fourth-order valence-corrected chi connectivity index (χ4v) is 1.61. The van der Waals surface area contributed by atoms with Gasteiger partial charge in [0.05, 0.1) is 0 Å². The Bertz CT molecular complexity index is 249. The number of carbonyl (C=O) groups excluding carboxylic acids is 1. The molecule has 1 aliphatic heterocycles. The molecule has 0 aromatic carbocycles. The lowest BCUT2D eigenvalue weighted by atomic mass is 9.77. The van der Waals surface area contributed by atoms with Gasteiger partial charge in [-0.2, -0.15) is 0 Å². The van der Waals surface area contributed by atoms with E-state index in [0.29, 0.717) is 19.4 Å². The molecule has 0 radical (unpaired) electrons. The van der Waals surface area contributed by atoms with Gasteiger partial charge in [0.2, 0.25) is 5.91 Å². The van der Waals surface area contributed by atoms with Crippen molar-refractivity contribution in [2.75, 3.05) is 6.54 Å². The molecule has 1 heterocycles. The highest BCUT2D eigenvalue weighted by Gasteiger charge is 2.46. The van der Waals surface area contributed by atoms with Gasteiger partial charge in [-0.15, -0.1) is 6.58 Å². The molecule has 1 saturated heterocycles. The summed E-state index contributed by atoms with van der Waals surface area (Å²) in [5.74, 6) is -1.43. The predicted octanol–water partition coefficient (Wildman–Crippen LogP) is 0.543. The van der Waals surface area contributed by atoms with Gasteiger partial charge in [0.25, 0.3) is 0 Å². The second-order valence-corrected chi connectivity index (χ2v) is 3.24. The van der Waals surface area contributed by atoms with Crippen molar-refractivity contribution in [3.05, 3.63) is 12.7 Å². The van der Waals surface area contributed by atoms with E-state index >= 15 is 0 Å². The zero-order valence-electron chi connectivity index (χ0n) is 7.38. The SMILES string of the molecule is C=CC[C@@]1(C(=O)O)CCCNC1=O. The van der Waals surface area contributed by atoms with Crippen LogP contribution in [0.3, 0.4) is 0 Å². The zero-order chi connectivity index (χ0) is 9.90. The monoisotopic (exact) mass is 183 g/mol. The third kappa shape index (κ3) is 1.56. The Morgan fingerprint density at radius 3 is 2.92 bits per heavy atom. The molecule has 13 heavy (non-hydrogen) atoms. The number of rotatable bonds is 3. The Balaban J connectivity index is 2.92. The van der Waals surface area contributed by atoms with Gasteiger partial charge in [0.1, 0.15) is 5.41 Å². The molecule has 0 aromatic rings. The van der Waals surface area contributed by atoms with Gasteiger partial charge >= 0.3 is 5.97 Å². The maximum Gasteiger partial charge on any atom is 0.319 e. The number of carboxylic acid groups (broad SMARTS) is 1. The average molecular weight is 183 g/mol. The fourth-order valence-electron chi connectivity index (χ4n) is 1.61. The number of carbonyl (C=O) groups is 2. The van der Waals surface area contributed by atoms with Crippen LogP contribution in [0.5, 0.6) is 0 Å². The summed E-state index contributed by atoms with van der Waals surface area (Å²) in [5, 5.41) is 11.6. The molecule has 0 saturated carbocycles. The van der Waals surface area contributed by atoms with Crippen molar-refractivity contribution in [1.29, 1.82) is 0 Å². The largest absolute Gasteiger partial charge is 0.480 e. The van der Waals surface area contributed by atoms with Crippen molar-refractivity contribution in [2.45, 2.75) is 19.3 Å². The lowest BCUT2D eigenvalue weighted by molar-refractivity contribution is -0.157. The molecule has 1 rings (SSSR count). The molecule has 1 aliphatic rings. The van der Waals surface area contributed by atoms with Crippen LogP contribution in [0, 0.1) is 5.41 Å². The summed E-state index contributed by atoms with van der Waals surface area (Å²) in [6, 6.07) is 0. The van der Waals surface area contributed by atoms with Gasteiger partial charge in [0, 0.05) is 6.54 Å². The molecule has 1 amide bonds. The number of amides is 1. The second kappa shape index (κ2) is 3.60. The van der Waals surface area contributed by atoms with Crippen molar-refractivity contribution >= 4 is 11.9 Å². The van der Waals surface area contributed by atoms with Crippen LogP contribution in [-0.2, 0) is 9.59 Å². The first kappa shape index (κ1) is 9.77. The number of hydrogen-bond acceptors (Lipinski definition) is 2. The summed E-state index contributed by atoms with van der Waals surface area (Å²) >= 11 is 0. The first-order valence-corrected chi connectivity index (χ1v) is 4.26. The maximum absolute atomic E-state index is 11.4. The van der Waals surface area contributed by atoms with E-state index in [4.69, 9.17) is 5.11 Å². The number of piperidine rings is 1. The first-order chi connectivity index (χ1) is 6.13. The molecule has 0 unspecified atom stereocenters. The Morgan fingerprint density at radius 1 is 1.77 bits per heavy atom. The molecule has 1 atom stereocenters. The second-order valence-electron chi connectivity index (χ2n) is 3.24. The molecular formula is C9H13NO3. The van der Waals surface area contributed by atoms with E-state index in [1.807, 2.05) is 0 Å². The molecular weight excluding hydrogens is 170 g/mol. The smallest absolute Gasteiger partial charge is 0.319 e. The van der Waals surface area contributed by atoms with Gasteiger partial charge in [0.15, 0.2) is 0 Å². The van der Waals surface area contributed by atoms with Crippen LogP contribution >= 0.6 is 0 Å². The van der Waals surface area contributed by atoms with Crippen LogP contribution in [-0.4, -0.2) is 23.5 Å². The summed E-state index contributed by atoms with van der Waals surface area (Å²) in [6.45, 7) is 4.05. The quantitative estimate of drug-likeness (QED) is 0.496. The van der Waals surface area contributed by atoms with E-state index in [9.17, 15) is 9.59 Å². The van der Waals surface area contributed by atoms with Crippen LogP contribution in [0.2, 0.25) is 0 Å². The molecule has 4 nitrogen and oxygen atoms in total. The first-order valence-electron chi connectivity index (χ1n) is 4.26. The standard InChI is InChI=1S/C9H13NO3/c1-2-4-9(8(12)13)5-3-6-10-7(9)11/h2H,1,3-6H2,(H,10,11)(H,12,13)/t9-/m1/s1. The summed E-state index contributed by atoms with van der Waals surface area (Å²) in [7, 11) is 0. The molecule has 0 bridgehead atoms. The van der Waals surface area contributed by atoms with Gasteiger partial charge in [-0.3, -0.25) is 9.59 Å². The molecule has 0 spiro atoms. The summed E-state index contributed by atoms with van der Waals surface area (Å²) in [6.07, 6.45) is 2.80. The zero-order valence-corrected chi connectivity index (χ0v) is 7.38. The van der Waals surface area contributed by atoms with E-state index < -0.39 is 11.4 Å². The Labute approximate surface area is 76.6 Å². The normalized spacial score (nSPS) is 27.8. The number of aliphatic carboxylic acids is 1. The van der Waals surface area contributed by atoms with Crippen molar-refractivity contribution in [1.82, 2.24) is 5.32 Å². The van der Waals surface area contributed by atoms with Crippen molar-refractivity contribution in [2.24, 2.45) is 5.41 Å². The third-order valence-corrected chi connectivity index (χ3v) is 2.40. The fraction of sp³-hybridized carbons (Fsp3) is 0.556. The third-order valence-electron chi connectivity index (χ3n) is 2.40. The Morgan fingerprint density at radius 2 is 2.46 bits per heavy atom. The Kier molecular flexibility index (Phi) is 2.70. The average Bonchev–Trinajstić information content (AvgIpc) is 2.09. The molecule has 4 heteroatoms. The Hall–Kier alpha value is -1.32. The highest BCUT2D eigenvalue weighted by molar-refractivity contribution is 6.02. The lowest BCUT2D eigenvalue weighted by Gasteiger charge is -2.30. The molecule has 72 valence electrons. The van der Waals surface area contributed by atoms with E-state index in [1.165, 1.54) is 6.08 Å². The van der Waals surface area contributed by atoms with Crippen molar-refractivity contribution in [3.8, 4) is 0 Å². The molecule has 0 aromatic heterocycles. The summed E-state index contributed by atoms with van der Waals surface area (Å²) in [5.41, 5.74) is -1.26. The number of carboxylic acids is 1. The lowest BCUT2D eigenvalue weighted by Crippen LogP contribution is -2.50. The van der Waals surface area contributed by atoms with E-state index in [1.54, 1.807) is 0 Å². The number of allylic oxidation sites excluding steroid dienone is 1. The van der Waals surface area contributed by atoms with Gasteiger partial charge < -0.3 is 10.4 Å². The van der Waals surface area contributed by atoms with Crippen LogP contribution < -0.4 is 5.32 Å². The molecule has 0 aliphatic carbocycles. The van der Waals surface area contributed by atoms with Crippen molar-refractivity contribution in [3.63, 3.8) is 0 Å². The number of nitrogens with one attached hydrogen (secondary N) is 1. The molecule has 1 fully saturated rings. The topological polar surface area (TPSA) is 66.4 Å². The minimum atomic E-state index is -1.26. The minimum absolute atomic E-state index is 0.203. The van der Waals surface area contributed by atoms with E-state index in [2.05, 4.69) is 11.9 Å². The summed E-state index contributed by atoms with van der Waals surface area (Å²) < 4.78 is 0. The van der Waals surface area contributed by atoms with Gasteiger partial charge in [-0.25, -0.2) is 0 Å². The van der Waals surface area contributed by atoms with Crippen LogP contribution in [0.25, 0.3) is 0 Å². The predicted molar refractivity (Wildman–Crippen MR) is 47.1 cm³/mol.